The van der Waals surface area contributed by atoms with Gasteiger partial charge in [0, 0.05) is 50.6 Å². The summed E-state index contributed by atoms with van der Waals surface area (Å²) in [4.78, 5) is 28.7. The van der Waals surface area contributed by atoms with Gasteiger partial charge in [-0.05, 0) is 64.3 Å². The summed E-state index contributed by atoms with van der Waals surface area (Å²) in [5, 5.41) is 3.10. The lowest BCUT2D eigenvalue weighted by molar-refractivity contribution is 0.0199. The van der Waals surface area contributed by atoms with Crippen molar-refractivity contribution in [2.24, 2.45) is 0 Å². The van der Waals surface area contributed by atoms with Crippen LogP contribution in [0.3, 0.4) is 0 Å². The van der Waals surface area contributed by atoms with E-state index < -0.39 is 5.60 Å². The molecule has 1 aromatic rings. The molecule has 2 saturated heterocycles. The summed E-state index contributed by atoms with van der Waals surface area (Å²) < 4.78 is 10.8. The van der Waals surface area contributed by atoms with Crippen molar-refractivity contribution in [2.45, 2.75) is 57.8 Å². The van der Waals surface area contributed by atoms with Gasteiger partial charge >= 0.3 is 6.09 Å². The number of methoxy groups -OCH3 is 1. The first-order valence-corrected chi connectivity index (χ1v) is 10.4. The summed E-state index contributed by atoms with van der Waals surface area (Å²) in [6.45, 7) is 8.63. The van der Waals surface area contributed by atoms with Gasteiger partial charge in [-0.15, -0.1) is 0 Å². The third kappa shape index (κ3) is 5.85. The van der Waals surface area contributed by atoms with Crippen molar-refractivity contribution >= 4 is 17.7 Å². The topological polar surface area (TPSA) is 71.1 Å². The van der Waals surface area contributed by atoms with E-state index in [1.807, 2.05) is 45.0 Å². The summed E-state index contributed by atoms with van der Waals surface area (Å²) >= 11 is 0. The Morgan fingerprint density at radius 1 is 1.03 bits per heavy atom. The highest BCUT2D eigenvalue weighted by Gasteiger charge is 2.28. The Hall–Kier alpha value is -2.28. The van der Waals surface area contributed by atoms with Gasteiger partial charge in [0.15, 0.2) is 0 Å². The molecule has 7 nitrogen and oxygen atoms in total. The predicted molar refractivity (Wildman–Crippen MR) is 112 cm³/mol. The van der Waals surface area contributed by atoms with Gasteiger partial charge in [-0.3, -0.25) is 4.79 Å². The van der Waals surface area contributed by atoms with E-state index in [9.17, 15) is 9.59 Å². The maximum absolute atomic E-state index is 12.6. The molecule has 3 rings (SSSR count). The number of rotatable bonds is 4. The standard InChI is InChI=1S/C22H33N3O4/c1-22(2,3)29-21(27)24-12-9-17(10-13-24)23-20(26)16-5-7-18(8-6-16)25-14-11-19(15-25)28-4/h5-8,17,19H,9-15H2,1-4H3,(H,23,26). The van der Waals surface area contributed by atoms with E-state index in [-0.39, 0.29) is 24.1 Å². The lowest BCUT2D eigenvalue weighted by atomic mass is 10.0. The fourth-order valence-corrected chi connectivity index (χ4v) is 3.78. The molecule has 2 aliphatic rings. The van der Waals surface area contributed by atoms with Crippen molar-refractivity contribution < 1.29 is 19.1 Å². The molecule has 1 N–H and O–H groups in total. The zero-order valence-corrected chi connectivity index (χ0v) is 17.9. The van der Waals surface area contributed by atoms with Crippen LogP contribution < -0.4 is 10.2 Å². The minimum Gasteiger partial charge on any atom is -0.444 e. The summed E-state index contributed by atoms with van der Waals surface area (Å²) in [7, 11) is 1.75. The first-order valence-electron chi connectivity index (χ1n) is 10.4. The van der Waals surface area contributed by atoms with Crippen LogP contribution in [0.4, 0.5) is 10.5 Å². The van der Waals surface area contributed by atoms with Crippen molar-refractivity contribution in [3.8, 4) is 0 Å². The Kier molecular flexibility index (Phi) is 6.67. The number of likely N-dealkylation sites (tertiary alicyclic amines) is 1. The van der Waals surface area contributed by atoms with Gasteiger partial charge in [0.2, 0.25) is 0 Å². The highest BCUT2D eigenvalue weighted by atomic mass is 16.6. The minimum absolute atomic E-state index is 0.0662. The number of benzene rings is 1. The van der Waals surface area contributed by atoms with Gasteiger partial charge in [-0.2, -0.15) is 0 Å². The molecule has 0 spiro atoms. The first kappa shape index (κ1) is 21.4. The number of anilines is 1. The normalized spacial score (nSPS) is 20.6. The molecule has 2 aliphatic heterocycles. The third-order valence-electron chi connectivity index (χ3n) is 5.45. The number of nitrogens with one attached hydrogen (secondary N) is 1. The molecule has 0 bridgehead atoms. The zero-order valence-electron chi connectivity index (χ0n) is 17.9. The van der Waals surface area contributed by atoms with Crippen LogP contribution in [0.5, 0.6) is 0 Å². The second-order valence-electron chi connectivity index (χ2n) is 8.85. The van der Waals surface area contributed by atoms with Crippen molar-refractivity contribution in [2.75, 3.05) is 38.2 Å². The molecule has 7 heteroatoms. The van der Waals surface area contributed by atoms with Crippen molar-refractivity contribution in [3.05, 3.63) is 29.8 Å². The van der Waals surface area contributed by atoms with Gasteiger partial charge in [0.05, 0.1) is 6.10 Å². The van der Waals surface area contributed by atoms with E-state index in [0.29, 0.717) is 18.7 Å². The van der Waals surface area contributed by atoms with Gasteiger partial charge < -0.3 is 24.6 Å². The van der Waals surface area contributed by atoms with E-state index >= 15 is 0 Å². The predicted octanol–water partition coefficient (Wildman–Crippen LogP) is 3.04. The Morgan fingerprint density at radius 2 is 1.69 bits per heavy atom. The van der Waals surface area contributed by atoms with Crippen molar-refractivity contribution in [3.63, 3.8) is 0 Å². The molecule has 0 aliphatic carbocycles. The third-order valence-corrected chi connectivity index (χ3v) is 5.45. The molecule has 0 saturated carbocycles. The lowest BCUT2D eigenvalue weighted by Crippen LogP contribution is -2.47. The molecule has 2 heterocycles. The zero-order chi connectivity index (χ0) is 21.0. The Labute approximate surface area is 173 Å². The molecule has 1 atom stereocenters. The number of nitrogens with zero attached hydrogens (tertiary/aromatic N) is 2. The highest BCUT2D eigenvalue weighted by Crippen LogP contribution is 2.22. The SMILES string of the molecule is COC1CCN(c2ccc(C(=O)NC3CCN(C(=O)OC(C)(C)C)CC3)cc2)C1. The average molecular weight is 404 g/mol. The summed E-state index contributed by atoms with van der Waals surface area (Å²) in [6.07, 6.45) is 2.49. The fourth-order valence-electron chi connectivity index (χ4n) is 3.78. The summed E-state index contributed by atoms with van der Waals surface area (Å²) in [5.41, 5.74) is 1.28. The van der Waals surface area contributed by atoms with Crippen LogP contribution in [0.25, 0.3) is 0 Å². The summed E-state index contributed by atoms with van der Waals surface area (Å²) in [5.74, 6) is -0.0662. The maximum atomic E-state index is 12.6. The average Bonchev–Trinajstić information content (AvgIpc) is 3.16. The molecule has 1 aromatic carbocycles. The second kappa shape index (κ2) is 9.03. The van der Waals surface area contributed by atoms with Gasteiger partial charge in [-0.1, -0.05) is 0 Å². The molecular formula is C22H33N3O4. The largest absolute Gasteiger partial charge is 0.444 e. The highest BCUT2D eigenvalue weighted by molar-refractivity contribution is 5.94. The number of hydrogen-bond donors (Lipinski definition) is 1. The minimum atomic E-state index is -0.492. The molecule has 0 aromatic heterocycles. The molecule has 29 heavy (non-hydrogen) atoms. The van der Waals surface area contributed by atoms with Crippen LogP contribution in [-0.2, 0) is 9.47 Å². The molecule has 1 unspecified atom stereocenters. The lowest BCUT2D eigenvalue weighted by Gasteiger charge is -2.33. The Morgan fingerprint density at radius 3 is 2.24 bits per heavy atom. The second-order valence-corrected chi connectivity index (χ2v) is 8.85. The summed E-state index contributed by atoms with van der Waals surface area (Å²) in [6, 6.07) is 7.82. The van der Waals surface area contributed by atoms with Crippen LogP contribution in [0.1, 0.15) is 50.4 Å². The van der Waals surface area contributed by atoms with Gasteiger partial charge in [0.25, 0.3) is 5.91 Å². The molecular weight excluding hydrogens is 370 g/mol. The first-order chi connectivity index (χ1) is 13.7. The number of carbonyl (C=O) groups excluding carboxylic acids is 2. The van der Waals surface area contributed by atoms with Crippen LogP contribution in [0.15, 0.2) is 24.3 Å². The smallest absolute Gasteiger partial charge is 0.410 e. The van der Waals surface area contributed by atoms with E-state index in [1.54, 1.807) is 12.0 Å². The van der Waals surface area contributed by atoms with Crippen LogP contribution in [-0.4, -0.2) is 67.9 Å². The maximum Gasteiger partial charge on any atom is 0.410 e. The number of carbonyl (C=O) groups is 2. The van der Waals surface area contributed by atoms with Crippen LogP contribution in [0.2, 0.25) is 0 Å². The molecule has 2 fully saturated rings. The van der Waals surface area contributed by atoms with Crippen LogP contribution in [0, 0.1) is 0 Å². The fraction of sp³-hybridized carbons (Fsp3) is 0.636. The van der Waals surface area contributed by atoms with Crippen molar-refractivity contribution in [1.29, 1.82) is 0 Å². The van der Waals surface area contributed by atoms with E-state index in [1.165, 1.54) is 0 Å². The van der Waals surface area contributed by atoms with E-state index in [2.05, 4.69) is 10.2 Å². The Balaban J connectivity index is 1.47. The number of hydrogen-bond acceptors (Lipinski definition) is 5. The number of amides is 2. The van der Waals surface area contributed by atoms with Gasteiger partial charge in [-0.25, -0.2) is 4.79 Å². The number of piperidine rings is 1. The molecule has 160 valence electrons. The van der Waals surface area contributed by atoms with E-state index in [0.717, 1.165) is 38.0 Å². The monoisotopic (exact) mass is 403 g/mol. The van der Waals surface area contributed by atoms with Crippen molar-refractivity contribution in [1.82, 2.24) is 10.2 Å². The molecule has 2 amide bonds. The quantitative estimate of drug-likeness (QED) is 0.837. The number of ether oxygens (including phenoxy) is 2. The van der Waals surface area contributed by atoms with Gasteiger partial charge in [0.1, 0.15) is 5.60 Å². The van der Waals surface area contributed by atoms with E-state index in [4.69, 9.17) is 9.47 Å². The molecule has 0 radical (unpaired) electrons. The Bertz CT molecular complexity index is 706. The van der Waals surface area contributed by atoms with Crippen LogP contribution >= 0.6 is 0 Å².